The second-order valence-corrected chi connectivity index (χ2v) is 4.27. The lowest BCUT2D eigenvalue weighted by Gasteiger charge is -2.10. The van der Waals surface area contributed by atoms with Crippen LogP contribution in [0.3, 0.4) is 0 Å². The standard InChI is InChI=1S/C12H18N4.2ClH/c1-15(2)8-5-9-16-11-7-4-3-6-10(11)14-12(16)13;;/h3-4,6-7H,5,8-9H2,1-2H3,(H2,13,14);2*1H. The van der Waals surface area contributed by atoms with Crippen LogP contribution >= 0.6 is 24.8 Å². The third kappa shape index (κ3) is 3.77. The van der Waals surface area contributed by atoms with Gasteiger partial charge in [0.2, 0.25) is 5.95 Å². The van der Waals surface area contributed by atoms with Crippen LogP contribution in [0.15, 0.2) is 24.3 Å². The number of hydrogen-bond donors (Lipinski definition) is 1. The van der Waals surface area contributed by atoms with Crippen molar-refractivity contribution in [3.8, 4) is 0 Å². The molecule has 0 unspecified atom stereocenters. The Kier molecular flexibility index (Phi) is 7.06. The summed E-state index contributed by atoms with van der Waals surface area (Å²) in [5, 5.41) is 0. The number of fused-ring (bicyclic) bond motifs is 1. The largest absolute Gasteiger partial charge is 0.369 e. The van der Waals surface area contributed by atoms with Crippen molar-refractivity contribution in [1.82, 2.24) is 14.5 Å². The van der Waals surface area contributed by atoms with E-state index in [1.165, 1.54) is 0 Å². The molecule has 18 heavy (non-hydrogen) atoms. The monoisotopic (exact) mass is 290 g/mol. The number of rotatable bonds is 4. The van der Waals surface area contributed by atoms with Gasteiger partial charge in [-0.3, -0.25) is 0 Å². The molecule has 1 aromatic heterocycles. The first-order chi connectivity index (χ1) is 7.68. The van der Waals surface area contributed by atoms with Crippen LogP contribution in [0.1, 0.15) is 6.42 Å². The van der Waals surface area contributed by atoms with E-state index < -0.39 is 0 Å². The van der Waals surface area contributed by atoms with Crippen LogP contribution in [-0.2, 0) is 6.54 Å². The normalized spacial score (nSPS) is 10.2. The van der Waals surface area contributed by atoms with Gasteiger partial charge in [-0.15, -0.1) is 24.8 Å². The molecule has 4 nitrogen and oxygen atoms in total. The molecule has 0 saturated heterocycles. The van der Waals surface area contributed by atoms with Crippen molar-refractivity contribution in [3.63, 3.8) is 0 Å². The third-order valence-corrected chi connectivity index (χ3v) is 2.67. The highest BCUT2D eigenvalue weighted by atomic mass is 35.5. The predicted molar refractivity (Wildman–Crippen MR) is 81.8 cm³/mol. The second-order valence-electron chi connectivity index (χ2n) is 4.27. The smallest absolute Gasteiger partial charge is 0.201 e. The molecule has 2 N–H and O–H groups in total. The molecule has 2 rings (SSSR count). The number of benzene rings is 1. The van der Waals surface area contributed by atoms with Crippen LogP contribution in [0, 0.1) is 0 Å². The highest BCUT2D eigenvalue weighted by Crippen LogP contribution is 2.17. The van der Waals surface area contributed by atoms with E-state index in [1.807, 2.05) is 18.2 Å². The quantitative estimate of drug-likeness (QED) is 0.941. The van der Waals surface area contributed by atoms with Crippen LogP contribution < -0.4 is 5.73 Å². The zero-order chi connectivity index (χ0) is 11.5. The molecule has 0 aliphatic carbocycles. The van der Waals surface area contributed by atoms with Crippen molar-refractivity contribution in [2.24, 2.45) is 0 Å². The van der Waals surface area contributed by atoms with Gasteiger partial charge in [-0.1, -0.05) is 12.1 Å². The molecular formula is C12H20Cl2N4. The lowest BCUT2D eigenvalue weighted by atomic mass is 10.3. The van der Waals surface area contributed by atoms with Gasteiger partial charge >= 0.3 is 0 Å². The molecule has 1 aromatic carbocycles. The van der Waals surface area contributed by atoms with Crippen molar-refractivity contribution in [2.45, 2.75) is 13.0 Å². The predicted octanol–water partition coefficient (Wildman–Crippen LogP) is 2.41. The molecule has 1 heterocycles. The molecule has 0 spiro atoms. The Balaban J connectivity index is 0.00000144. The van der Waals surface area contributed by atoms with Gasteiger partial charge in [0.05, 0.1) is 11.0 Å². The Hall–Kier alpha value is -0.970. The van der Waals surface area contributed by atoms with Crippen LogP contribution in [0.25, 0.3) is 11.0 Å². The summed E-state index contributed by atoms with van der Waals surface area (Å²) in [5.41, 5.74) is 8.01. The van der Waals surface area contributed by atoms with Crippen molar-refractivity contribution < 1.29 is 0 Å². The van der Waals surface area contributed by atoms with E-state index in [4.69, 9.17) is 5.73 Å². The number of anilines is 1. The average Bonchev–Trinajstić information content (AvgIpc) is 2.55. The maximum atomic E-state index is 5.91. The number of nitrogens with zero attached hydrogens (tertiary/aromatic N) is 3. The SMILES string of the molecule is CN(C)CCCn1c(N)nc2ccccc21.Cl.Cl. The van der Waals surface area contributed by atoms with Crippen LogP contribution in [0.2, 0.25) is 0 Å². The molecular weight excluding hydrogens is 271 g/mol. The maximum absolute atomic E-state index is 5.91. The fourth-order valence-corrected chi connectivity index (χ4v) is 1.87. The summed E-state index contributed by atoms with van der Waals surface area (Å²) in [6, 6.07) is 8.06. The van der Waals surface area contributed by atoms with Crippen molar-refractivity contribution in [2.75, 3.05) is 26.4 Å². The van der Waals surface area contributed by atoms with E-state index in [1.54, 1.807) is 0 Å². The first-order valence-electron chi connectivity index (χ1n) is 5.54. The van der Waals surface area contributed by atoms with E-state index in [0.29, 0.717) is 5.95 Å². The summed E-state index contributed by atoms with van der Waals surface area (Å²) in [5.74, 6) is 0.611. The zero-order valence-corrected chi connectivity index (χ0v) is 12.3. The van der Waals surface area contributed by atoms with Gasteiger partial charge in [-0.2, -0.15) is 0 Å². The van der Waals surface area contributed by atoms with Gasteiger partial charge in [0.1, 0.15) is 0 Å². The minimum absolute atomic E-state index is 0. The average molecular weight is 291 g/mol. The van der Waals surface area contributed by atoms with E-state index in [2.05, 4.69) is 34.6 Å². The van der Waals surface area contributed by atoms with Gasteiger partial charge in [0.15, 0.2) is 0 Å². The first-order valence-corrected chi connectivity index (χ1v) is 5.54. The Morgan fingerprint density at radius 1 is 1.22 bits per heavy atom. The van der Waals surface area contributed by atoms with Crippen molar-refractivity contribution in [3.05, 3.63) is 24.3 Å². The number of aromatic nitrogens is 2. The van der Waals surface area contributed by atoms with Gasteiger partial charge in [0.25, 0.3) is 0 Å². The topological polar surface area (TPSA) is 47.1 Å². The number of para-hydroxylation sites is 2. The Labute approximate surface area is 120 Å². The molecule has 0 fully saturated rings. The summed E-state index contributed by atoms with van der Waals surface area (Å²) in [4.78, 5) is 6.51. The summed E-state index contributed by atoms with van der Waals surface area (Å²) in [6.07, 6.45) is 1.08. The van der Waals surface area contributed by atoms with Crippen LogP contribution in [-0.4, -0.2) is 35.1 Å². The number of halogens is 2. The molecule has 0 aliphatic heterocycles. The molecule has 0 atom stereocenters. The molecule has 0 amide bonds. The first kappa shape index (κ1) is 17.0. The number of nitrogen functional groups attached to an aromatic ring is 1. The minimum Gasteiger partial charge on any atom is -0.369 e. The number of imidazole rings is 1. The molecule has 0 radical (unpaired) electrons. The summed E-state index contributed by atoms with van der Waals surface area (Å²) in [7, 11) is 4.16. The second kappa shape index (κ2) is 7.46. The molecule has 6 heteroatoms. The van der Waals surface area contributed by atoms with Crippen LogP contribution in [0.4, 0.5) is 5.95 Å². The fourth-order valence-electron chi connectivity index (χ4n) is 1.87. The molecule has 0 aliphatic rings. The summed E-state index contributed by atoms with van der Waals surface area (Å²) >= 11 is 0. The number of hydrogen-bond acceptors (Lipinski definition) is 3. The molecule has 0 bridgehead atoms. The lowest BCUT2D eigenvalue weighted by Crippen LogP contribution is -2.15. The van der Waals surface area contributed by atoms with E-state index >= 15 is 0 Å². The van der Waals surface area contributed by atoms with E-state index in [0.717, 1.165) is 30.5 Å². The molecule has 102 valence electrons. The fraction of sp³-hybridized carbons (Fsp3) is 0.417. The highest BCUT2D eigenvalue weighted by molar-refractivity contribution is 5.85. The van der Waals surface area contributed by atoms with Crippen molar-refractivity contribution in [1.29, 1.82) is 0 Å². The van der Waals surface area contributed by atoms with Gasteiger partial charge in [-0.25, -0.2) is 4.98 Å². The third-order valence-electron chi connectivity index (χ3n) is 2.67. The van der Waals surface area contributed by atoms with Gasteiger partial charge < -0.3 is 15.2 Å². The maximum Gasteiger partial charge on any atom is 0.201 e. The summed E-state index contributed by atoms with van der Waals surface area (Å²) in [6.45, 7) is 1.98. The molecule has 2 aromatic rings. The lowest BCUT2D eigenvalue weighted by molar-refractivity contribution is 0.388. The van der Waals surface area contributed by atoms with Gasteiger partial charge in [-0.05, 0) is 39.2 Å². The Morgan fingerprint density at radius 2 is 1.89 bits per heavy atom. The highest BCUT2D eigenvalue weighted by Gasteiger charge is 2.06. The van der Waals surface area contributed by atoms with Crippen molar-refractivity contribution >= 4 is 41.8 Å². The Morgan fingerprint density at radius 3 is 2.56 bits per heavy atom. The summed E-state index contributed by atoms with van der Waals surface area (Å²) < 4.78 is 2.08. The minimum atomic E-state index is 0. The van der Waals surface area contributed by atoms with E-state index in [-0.39, 0.29) is 24.8 Å². The number of aryl methyl sites for hydroxylation is 1. The Bertz CT molecular complexity index is 482. The zero-order valence-electron chi connectivity index (χ0n) is 10.7. The van der Waals surface area contributed by atoms with E-state index in [9.17, 15) is 0 Å². The molecule has 0 saturated carbocycles. The van der Waals surface area contributed by atoms with Crippen LogP contribution in [0.5, 0.6) is 0 Å². The number of nitrogens with two attached hydrogens (primary N) is 1. The van der Waals surface area contributed by atoms with Gasteiger partial charge in [0, 0.05) is 6.54 Å².